The molecule has 1 aromatic rings. The molecule has 0 unspecified atom stereocenters. The molecule has 0 saturated carbocycles. The highest BCUT2D eigenvalue weighted by molar-refractivity contribution is 5.92. The van der Waals surface area contributed by atoms with Crippen molar-refractivity contribution < 1.29 is 29.3 Å². The molecule has 0 bridgehead atoms. The summed E-state index contributed by atoms with van der Waals surface area (Å²) in [6.07, 6.45) is 0.607. The average Bonchev–Trinajstić information content (AvgIpc) is 2.60. The zero-order chi connectivity index (χ0) is 22.9. The van der Waals surface area contributed by atoms with Crippen LogP contribution in [0.3, 0.4) is 0 Å². The van der Waals surface area contributed by atoms with Gasteiger partial charge in [0.1, 0.15) is 11.4 Å². The largest absolute Gasteiger partial charge is 0.506 e. The summed E-state index contributed by atoms with van der Waals surface area (Å²) in [5.74, 6) is -2.01. The number of carboxylic acids is 1. The molecule has 0 aliphatic carbocycles. The minimum absolute atomic E-state index is 0.0876. The van der Waals surface area contributed by atoms with E-state index in [0.29, 0.717) is 24.9 Å². The molecule has 0 spiro atoms. The Labute approximate surface area is 177 Å². The first-order valence-corrected chi connectivity index (χ1v) is 9.95. The number of hydrogen-bond acceptors (Lipinski definition) is 6. The van der Waals surface area contributed by atoms with Crippen LogP contribution in [0.1, 0.15) is 52.5 Å². The van der Waals surface area contributed by atoms with Gasteiger partial charge in [-0.25, -0.2) is 4.79 Å². The molecule has 0 heterocycles. The van der Waals surface area contributed by atoms with Gasteiger partial charge in [-0.05, 0) is 64.3 Å². The quantitative estimate of drug-likeness (QED) is 0.363. The fourth-order valence-electron chi connectivity index (χ4n) is 2.77. The van der Waals surface area contributed by atoms with Gasteiger partial charge < -0.3 is 31.3 Å². The van der Waals surface area contributed by atoms with Crippen molar-refractivity contribution in [3.8, 4) is 5.75 Å². The highest BCUT2D eigenvalue weighted by atomic mass is 16.6. The Hall–Kier alpha value is -2.81. The SMILES string of the molecule is C[C@@H](C[C@H](Cc1ccc(O)c(NC(=O)CCCN)c1)NC(=O)OC(C)(C)C)C(=O)O. The highest BCUT2D eigenvalue weighted by Gasteiger charge is 2.24. The Balaban J connectivity index is 2.95. The molecule has 0 saturated heterocycles. The third kappa shape index (κ3) is 9.60. The molecule has 9 nitrogen and oxygen atoms in total. The zero-order valence-electron chi connectivity index (χ0n) is 18.0. The van der Waals surface area contributed by atoms with Crippen LogP contribution in [0.15, 0.2) is 18.2 Å². The molecule has 2 amide bonds. The summed E-state index contributed by atoms with van der Waals surface area (Å²) >= 11 is 0. The van der Waals surface area contributed by atoms with Gasteiger partial charge >= 0.3 is 12.1 Å². The van der Waals surface area contributed by atoms with Crippen LogP contribution in [0.5, 0.6) is 5.75 Å². The van der Waals surface area contributed by atoms with Crippen LogP contribution in [-0.2, 0) is 20.7 Å². The number of carbonyl (C=O) groups excluding carboxylic acids is 2. The number of nitrogens with two attached hydrogens (primary N) is 1. The van der Waals surface area contributed by atoms with E-state index in [0.717, 1.165) is 0 Å². The number of benzene rings is 1. The van der Waals surface area contributed by atoms with E-state index in [-0.39, 0.29) is 30.2 Å². The molecule has 9 heteroatoms. The summed E-state index contributed by atoms with van der Waals surface area (Å²) in [6, 6.07) is 4.18. The molecule has 0 aliphatic rings. The van der Waals surface area contributed by atoms with E-state index >= 15 is 0 Å². The Bertz CT molecular complexity index is 745. The van der Waals surface area contributed by atoms with Crippen LogP contribution < -0.4 is 16.4 Å². The van der Waals surface area contributed by atoms with Crippen molar-refractivity contribution in [3.63, 3.8) is 0 Å². The van der Waals surface area contributed by atoms with Crippen molar-refractivity contribution in [1.29, 1.82) is 0 Å². The molecule has 0 aromatic heterocycles. The summed E-state index contributed by atoms with van der Waals surface area (Å²) in [6.45, 7) is 7.16. The number of rotatable bonds is 10. The van der Waals surface area contributed by atoms with E-state index < -0.39 is 29.6 Å². The lowest BCUT2D eigenvalue weighted by molar-refractivity contribution is -0.141. The van der Waals surface area contributed by atoms with Crippen molar-refractivity contribution in [2.75, 3.05) is 11.9 Å². The van der Waals surface area contributed by atoms with Crippen LogP contribution >= 0.6 is 0 Å². The highest BCUT2D eigenvalue weighted by Crippen LogP contribution is 2.26. The normalized spacial score (nSPS) is 13.2. The number of aliphatic carboxylic acids is 1. The third-order valence-electron chi connectivity index (χ3n) is 4.21. The van der Waals surface area contributed by atoms with Gasteiger partial charge in [-0.3, -0.25) is 9.59 Å². The van der Waals surface area contributed by atoms with Crippen molar-refractivity contribution in [2.24, 2.45) is 11.7 Å². The summed E-state index contributed by atoms with van der Waals surface area (Å²) < 4.78 is 5.28. The van der Waals surface area contributed by atoms with Gasteiger partial charge in [0.05, 0.1) is 11.6 Å². The number of ether oxygens (including phenoxy) is 1. The molecular formula is C21H33N3O6. The number of amides is 2. The van der Waals surface area contributed by atoms with E-state index in [2.05, 4.69) is 10.6 Å². The van der Waals surface area contributed by atoms with E-state index in [1.807, 2.05) is 0 Å². The Morgan fingerprint density at radius 2 is 1.90 bits per heavy atom. The third-order valence-corrected chi connectivity index (χ3v) is 4.21. The van der Waals surface area contributed by atoms with E-state index in [1.54, 1.807) is 39.8 Å². The number of aromatic hydroxyl groups is 1. The molecule has 1 aromatic carbocycles. The molecule has 0 aliphatic heterocycles. The summed E-state index contributed by atoms with van der Waals surface area (Å²) in [7, 11) is 0. The Morgan fingerprint density at radius 3 is 2.47 bits per heavy atom. The molecule has 1 rings (SSSR count). The van der Waals surface area contributed by atoms with Crippen LogP contribution in [0.4, 0.5) is 10.5 Å². The number of hydrogen-bond donors (Lipinski definition) is 5. The number of anilines is 1. The number of phenols is 1. The number of carboxylic acid groups (broad SMARTS) is 1. The lowest BCUT2D eigenvalue weighted by Crippen LogP contribution is -2.41. The zero-order valence-corrected chi connectivity index (χ0v) is 18.0. The van der Waals surface area contributed by atoms with Gasteiger partial charge in [-0.2, -0.15) is 0 Å². The second-order valence-electron chi connectivity index (χ2n) is 8.31. The maximum Gasteiger partial charge on any atom is 0.407 e. The van der Waals surface area contributed by atoms with Crippen LogP contribution in [-0.4, -0.2) is 46.4 Å². The molecule has 30 heavy (non-hydrogen) atoms. The predicted octanol–water partition coefficient (Wildman–Crippen LogP) is 2.62. The average molecular weight is 424 g/mol. The Morgan fingerprint density at radius 1 is 1.23 bits per heavy atom. The summed E-state index contributed by atoms with van der Waals surface area (Å²) in [4.78, 5) is 35.4. The van der Waals surface area contributed by atoms with E-state index in [4.69, 9.17) is 10.5 Å². The maximum absolute atomic E-state index is 12.2. The summed E-state index contributed by atoms with van der Waals surface area (Å²) in [5, 5.41) is 24.6. The molecule has 168 valence electrons. The number of carbonyl (C=O) groups is 3. The molecular weight excluding hydrogens is 390 g/mol. The van der Waals surface area contributed by atoms with Crippen LogP contribution in [0, 0.1) is 5.92 Å². The van der Waals surface area contributed by atoms with Gasteiger partial charge in [0.25, 0.3) is 0 Å². The lowest BCUT2D eigenvalue weighted by Gasteiger charge is -2.25. The van der Waals surface area contributed by atoms with Crippen molar-refractivity contribution in [1.82, 2.24) is 5.32 Å². The number of nitrogens with one attached hydrogen (secondary N) is 2. The van der Waals surface area contributed by atoms with Crippen molar-refractivity contribution in [2.45, 2.75) is 65.0 Å². The topological polar surface area (TPSA) is 151 Å². The van der Waals surface area contributed by atoms with E-state index in [9.17, 15) is 24.6 Å². The van der Waals surface area contributed by atoms with Gasteiger partial charge in [0.15, 0.2) is 0 Å². The molecule has 0 fully saturated rings. The Kier molecular flexibility index (Phi) is 9.58. The maximum atomic E-state index is 12.2. The first-order chi connectivity index (χ1) is 13.9. The first-order valence-electron chi connectivity index (χ1n) is 9.95. The van der Waals surface area contributed by atoms with Gasteiger partial charge in [-0.1, -0.05) is 13.0 Å². The minimum atomic E-state index is -0.968. The second kappa shape index (κ2) is 11.4. The molecule has 0 radical (unpaired) electrons. The standard InChI is InChI=1S/C21H33N3O6/c1-13(19(27)28)10-15(23-20(29)30-21(2,3)4)11-14-7-8-17(25)16(12-14)24-18(26)6-5-9-22/h7-8,12-13,15,25H,5-6,9-11,22H2,1-4H3,(H,23,29)(H,24,26)(H,27,28)/t13-,15+/m0/s1. The molecule has 6 N–H and O–H groups in total. The fourth-order valence-corrected chi connectivity index (χ4v) is 2.77. The monoisotopic (exact) mass is 423 g/mol. The number of alkyl carbamates (subject to hydrolysis) is 1. The first kappa shape index (κ1) is 25.2. The van der Waals surface area contributed by atoms with Gasteiger partial charge in [0, 0.05) is 12.5 Å². The molecule has 2 atom stereocenters. The lowest BCUT2D eigenvalue weighted by atomic mass is 9.96. The second-order valence-corrected chi connectivity index (χ2v) is 8.31. The summed E-state index contributed by atoms with van der Waals surface area (Å²) in [5.41, 5.74) is 5.67. The van der Waals surface area contributed by atoms with Crippen molar-refractivity contribution >= 4 is 23.7 Å². The predicted molar refractivity (Wildman–Crippen MR) is 113 cm³/mol. The van der Waals surface area contributed by atoms with Gasteiger partial charge in [-0.15, -0.1) is 0 Å². The van der Waals surface area contributed by atoms with Crippen LogP contribution in [0.25, 0.3) is 0 Å². The van der Waals surface area contributed by atoms with Crippen molar-refractivity contribution in [3.05, 3.63) is 23.8 Å². The number of phenolic OH excluding ortho intramolecular Hbond substituents is 1. The van der Waals surface area contributed by atoms with Crippen LogP contribution in [0.2, 0.25) is 0 Å². The smallest absolute Gasteiger partial charge is 0.407 e. The van der Waals surface area contributed by atoms with Gasteiger partial charge in [0.2, 0.25) is 5.91 Å². The fraction of sp³-hybridized carbons (Fsp3) is 0.571. The minimum Gasteiger partial charge on any atom is -0.506 e. The van der Waals surface area contributed by atoms with E-state index in [1.165, 1.54) is 6.07 Å².